The fourth-order valence-corrected chi connectivity index (χ4v) is 1.67. The minimum Gasteiger partial charge on any atom is -0.466 e. The molecule has 0 atom stereocenters. The first kappa shape index (κ1) is 14.8. The third kappa shape index (κ3) is 9.41. The van der Waals surface area contributed by atoms with E-state index in [1.54, 1.807) is 6.92 Å². The Morgan fingerprint density at radius 2 is 1.75 bits per heavy atom. The maximum absolute atomic E-state index is 11.0. The maximum Gasteiger partial charge on any atom is 0.307 e. The van der Waals surface area contributed by atoms with Crippen molar-refractivity contribution in [2.24, 2.45) is 0 Å². The van der Waals surface area contributed by atoms with Gasteiger partial charge in [0, 0.05) is 11.5 Å². The lowest BCUT2D eigenvalue weighted by atomic mass is 10.5. The summed E-state index contributed by atoms with van der Waals surface area (Å²) in [5.41, 5.74) is 0. The van der Waals surface area contributed by atoms with E-state index in [-0.39, 0.29) is 18.5 Å². The number of terminal acetylenes is 1. The molecule has 0 amide bonds. The summed E-state index contributed by atoms with van der Waals surface area (Å²) >= 11 is 1.52. The minimum absolute atomic E-state index is 0.0202. The molecule has 4 nitrogen and oxygen atoms in total. The summed E-state index contributed by atoms with van der Waals surface area (Å²) in [4.78, 5) is 21.9. The number of esters is 2. The van der Waals surface area contributed by atoms with Gasteiger partial charge in [-0.25, -0.2) is 0 Å². The van der Waals surface area contributed by atoms with Crippen molar-refractivity contribution in [3.63, 3.8) is 0 Å². The zero-order chi connectivity index (χ0) is 12.2. The molecule has 5 heteroatoms. The molecule has 0 bridgehead atoms. The Morgan fingerprint density at radius 1 is 1.19 bits per heavy atom. The summed E-state index contributed by atoms with van der Waals surface area (Å²) in [5, 5.41) is 0. The van der Waals surface area contributed by atoms with E-state index < -0.39 is 0 Å². The Labute approximate surface area is 100 Å². The fraction of sp³-hybridized carbons (Fsp3) is 0.636. The average molecular weight is 244 g/mol. The molecule has 0 saturated carbocycles. The van der Waals surface area contributed by atoms with Gasteiger partial charge in [-0.15, -0.1) is 6.42 Å². The van der Waals surface area contributed by atoms with Crippen LogP contribution in [0.2, 0.25) is 0 Å². The van der Waals surface area contributed by atoms with Crippen LogP contribution in [0.5, 0.6) is 0 Å². The van der Waals surface area contributed by atoms with Gasteiger partial charge in [0.1, 0.15) is 0 Å². The van der Waals surface area contributed by atoms with Gasteiger partial charge in [0.25, 0.3) is 0 Å². The average Bonchev–Trinajstić information content (AvgIpc) is 2.26. The number of ether oxygens (including phenoxy) is 2. The van der Waals surface area contributed by atoms with E-state index in [9.17, 15) is 9.59 Å². The third-order valence-corrected chi connectivity index (χ3v) is 2.51. The lowest BCUT2D eigenvalue weighted by Crippen LogP contribution is -2.07. The highest BCUT2D eigenvalue weighted by Gasteiger charge is 2.04. The number of thioether (sulfide) groups is 1. The molecule has 0 rings (SSSR count). The Morgan fingerprint density at radius 3 is 2.25 bits per heavy atom. The zero-order valence-corrected chi connectivity index (χ0v) is 10.2. The van der Waals surface area contributed by atoms with Crippen LogP contribution in [0.1, 0.15) is 19.8 Å². The molecule has 0 spiro atoms. The monoisotopic (exact) mass is 244 g/mol. The lowest BCUT2D eigenvalue weighted by Gasteiger charge is -2.02. The molecule has 0 heterocycles. The molecule has 0 N–H and O–H groups in total. The first-order chi connectivity index (χ1) is 7.70. The molecule has 0 aromatic rings. The summed E-state index contributed by atoms with van der Waals surface area (Å²) in [7, 11) is 0. The molecule has 0 aromatic heterocycles. The normalized spacial score (nSPS) is 9.25. The van der Waals surface area contributed by atoms with E-state index >= 15 is 0 Å². The molecule has 0 radical (unpaired) electrons. The highest BCUT2D eigenvalue weighted by Crippen LogP contribution is 2.06. The molecule has 16 heavy (non-hydrogen) atoms. The first-order valence-electron chi connectivity index (χ1n) is 5.03. The smallest absolute Gasteiger partial charge is 0.307 e. The van der Waals surface area contributed by atoms with Gasteiger partial charge in [0.15, 0.2) is 6.61 Å². The molecule has 0 unspecified atom stereocenters. The number of hydrogen-bond donors (Lipinski definition) is 0. The van der Waals surface area contributed by atoms with Gasteiger partial charge in [-0.1, -0.05) is 5.92 Å². The lowest BCUT2D eigenvalue weighted by molar-refractivity contribution is -0.143. The van der Waals surface area contributed by atoms with Crippen LogP contribution in [-0.4, -0.2) is 36.7 Å². The second-order valence-electron chi connectivity index (χ2n) is 2.78. The number of rotatable bonds is 8. The van der Waals surface area contributed by atoms with Crippen LogP contribution in [-0.2, 0) is 19.1 Å². The molecule has 0 aliphatic rings. The van der Waals surface area contributed by atoms with Gasteiger partial charge >= 0.3 is 11.9 Å². The van der Waals surface area contributed by atoms with Crippen LogP contribution < -0.4 is 0 Å². The standard InChI is InChI=1S/C11H16O4S/c1-3-7-15-11(13)6-9-16-8-5-10(12)14-4-2/h1H,4-9H2,2H3. The van der Waals surface area contributed by atoms with Gasteiger partial charge in [-0.05, 0) is 6.92 Å². The van der Waals surface area contributed by atoms with Crippen molar-refractivity contribution in [1.82, 2.24) is 0 Å². The second kappa shape index (κ2) is 10.4. The topological polar surface area (TPSA) is 52.6 Å². The number of hydrogen-bond acceptors (Lipinski definition) is 5. The molecular weight excluding hydrogens is 228 g/mol. The van der Waals surface area contributed by atoms with Crippen LogP contribution in [0.4, 0.5) is 0 Å². The summed E-state index contributed by atoms with van der Waals surface area (Å²) in [6.45, 7) is 2.20. The Bertz CT molecular complexity index is 257. The van der Waals surface area contributed by atoms with Crippen molar-refractivity contribution in [2.75, 3.05) is 24.7 Å². The Kier molecular flexibility index (Phi) is 9.63. The van der Waals surface area contributed by atoms with Crippen molar-refractivity contribution in [3.8, 4) is 12.3 Å². The minimum atomic E-state index is -0.304. The van der Waals surface area contributed by atoms with Crippen molar-refractivity contribution < 1.29 is 19.1 Å². The molecule has 90 valence electrons. The van der Waals surface area contributed by atoms with Gasteiger partial charge in [0.2, 0.25) is 0 Å². The second-order valence-corrected chi connectivity index (χ2v) is 4.01. The predicted octanol–water partition coefficient (Wildman–Crippen LogP) is 1.24. The van der Waals surface area contributed by atoms with E-state index in [4.69, 9.17) is 11.2 Å². The fourth-order valence-electron chi connectivity index (χ4n) is 0.841. The van der Waals surface area contributed by atoms with Gasteiger partial charge in [-0.3, -0.25) is 9.59 Å². The predicted molar refractivity (Wildman–Crippen MR) is 63.0 cm³/mol. The van der Waals surface area contributed by atoms with Crippen molar-refractivity contribution in [2.45, 2.75) is 19.8 Å². The molecule has 0 aromatic carbocycles. The molecule has 0 aliphatic carbocycles. The van der Waals surface area contributed by atoms with Crippen LogP contribution in [0.3, 0.4) is 0 Å². The van der Waals surface area contributed by atoms with E-state index in [1.807, 2.05) is 0 Å². The van der Waals surface area contributed by atoms with Crippen LogP contribution in [0.15, 0.2) is 0 Å². The summed E-state index contributed by atoms with van der Waals surface area (Å²) in [6.07, 6.45) is 5.62. The van der Waals surface area contributed by atoms with Gasteiger partial charge < -0.3 is 9.47 Å². The van der Waals surface area contributed by atoms with Crippen LogP contribution in [0.25, 0.3) is 0 Å². The molecule has 0 aliphatic heterocycles. The quantitative estimate of drug-likeness (QED) is 0.365. The largest absolute Gasteiger partial charge is 0.466 e. The summed E-state index contributed by atoms with van der Waals surface area (Å²) in [6, 6.07) is 0. The third-order valence-electron chi connectivity index (χ3n) is 1.52. The molecular formula is C11H16O4S. The van der Waals surface area contributed by atoms with E-state index in [0.717, 1.165) is 0 Å². The highest BCUT2D eigenvalue weighted by atomic mass is 32.2. The van der Waals surface area contributed by atoms with E-state index in [0.29, 0.717) is 31.0 Å². The van der Waals surface area contributed by atoms with Crippen LogP contribution >= 0.6 is 11.8 Å². The number of carbonyl (C=O) groups is 2. The van der Waals surface area contributed by atoms with E-state index in [2.05, 4.69) is 10.7 Å². The molecule has 0 saturated heterocycles. The molecule has 0 fully saturated rings. The van der Waals surface area contributed by atoms with Crippen molar-refractivity contribution in [3.05, 3.63) is 0 Å². The number of carbonyl (C=O) groups excluding carboxylic acids is 2. The highest BCUT2D eigenvalue weighted by molar-refractivity contribution is 7.99. The Hall–Kier alpha value is -1.15. The maximum atomic E-state index is 11.0. The van der Waals surface area contributed by atoms with Crippen molar-refractivity contribution >= 4 is 23.7 Å². The summed E-state index contributed by atoms with van der Waals surface area (Å²) < 4.78 is 9.43. The van der Waals surface area contributed by atoms with Gasteiger partial charge in [-0.2, -0.15) is 11.8 Å². The first-order valence-corrected chi connectivity index (χ1v) is 6.18. The van der Waals surface area contributed by atoms with Gasteiger partial charge in [0.05, 0.1) is 19.4 Å². The SMILES string of the molecule is C#CCOC(=O)CCSCCC(=O)OCC. The van der Waals surface area contributed by atoms with Crippen LogP contribution in [0, 0.1) is 12.3 Å². The zero-order valence-electron chi connectivity index (χ0n) is 9.36. The summed E-state index contributed by atoms with van der Waals surface area (Å²) in [5.74, 6) is 2.99. The Balaban J connectivity index is 3.30. The van der Waals surface area contributed by atoms with E-state index in [1.165, 1.54) is 11.8 Å². The van der Waals surface area contributed by atoms with Crippen molar-refractivity contribution in [1.29, 1.82) is 0 Å².